The molecule has 3 nitrogen and oxygen atoms in total. The van der Waals surface area contributed by atoms with E-state index in [0.717, 1.165) is 12.1 Å². The first-order valence-electron chi connectivity index (χ1n) is 7.67. The molecule has 1 heterocycles. The lowest BCUT2D eigenvalue weighted by Gasteiger charge is -2.29. The molecule has 1 aromatic heterocycles. The maximum absolute atomic E-state index is 15.3. The van der Waals surface area contributed by atoms with Gasteiger partial charge in [0.1, 0.15) is 17.3 Å². The van der Waals surface area contributed by atoms with Crippen molar-refractivity contribution in [2.24, 2.45) is 0 Å². The second kappa shape index (κ2) is 6.59. The Morgan fingerprint density at radius 3 is 2.64 bits per heavy atom. The number of hydrogen-bond donors (Lipinski definition) is 0. The first-order valence-corrected chi connectivity index (χ1v) is 8.05. The van der Waals surface area contributed by atoms with E-state index in [2.05, 4.69) is 4.98 Å². The topological polar surface area (TPSA) is 47.0 Å². The van der Waals surface area contributed by atoms with Gasteiger partial charge in [-0.05, 0) is 24.6 Å². The summed E-state index contributed by atoms with van der Waals surface area (Å²) in [5.74, 6) is -2.92. The summed E-state index contributed by atoms with van der Waals surface area (Å²) in [5, 5.41) is -0.0992. The zero-order valence-electron chi connectivity index (χ0n) is 13.0. The Morgan fingerprint density at radius 2 is 1.96 bits per heavy atom. The van der Waals surface area contributed by atoms with Crippen molar-refractivity contribution >= 4 is 23.2 Å². The van der Waals surface area contributed by atoms with Crippen LogP contribution in [-0.2, 0) is 16.9 Å². The molecule has 2 aromatic rings. The summed E-state index contributed by atoms with van der Waals surface area (Å²) in [6, 6.07) is 4.67. The van der Waals surface area contributed by atoms with E-state index in [-0.39, 0.29) is 46.9 Å². The number of hydrogen-bond acceptors (Lipinski definition) is 3. The first-order chi connectivity index (χ1) is 11.8. The molecule has 1 aliphatic carbocycles. The zero-order chi connectivity index (χ0) is 18.2. The molecular formula is C18H13ClF3NO2. The third-order valence-electron chi connectivity index (χ3n) is 4.35. The second-order valence-electron chi connectivity index (χ2n) is 5.90. The van der Waals surface area contributed by atoms with Gasteiger partial charge in [-0.15, -0.1) is 0 Å². The van der Waals surface area contributed by atoms with Crippen molar-refractivity contribution in [3.05, 3.63) is 63.9 Å². The molecule has 7 heteroatoms. The highest BCUT2D eigenvalue weighted by Crippen LogP contribution is 2.39. The van der Waals surface area contributed by atoms with Gasteiger partial charge in [-0.25, -0.2) is 13.2 Å². The Morgan fingerprint density at radius 1 is 1.28 bits per heavy atom. The van der Waals surface area contributed by atoms with E-state index in [4.69, 9.17) is 11.6 Å². The zero-order valence-corrected chi connectivity index (χ0v) is 13.7. The molecule has 0 unspecified atom stereocenters. The molecule has 1 aromatic carbocycles. The van der Waals surface area contributed by atoms with E-state index in [1.54, 1.807) is 0 Å². The Bertz CT molecular complexity index is 848. The van der Waals surface area contributed by atoms with Crippen LogP contribution in [0.5, 0.6) is 0 Å². The number of fused-ring (bicyclic) bond motifs is 1. The Hall–Kier alpha value is -2.21. The van der Waals surface area contributed by atoms with Crippen LogP contribution in [0.1, 0.15) is 40.9 Å². The van der Waals surface area contributed by atoms with Crippen LogP contribution in [0.25, 0.3) is 0 Å². The van der Waals surface area contributed by atoms with Gasteiger partial charge in [0, 0.05) is 41.6 Å². The minimum atomic E-state index is -2.38. The van der Waals surface area contributed by atoms with Crippen LogP contribution in [0, 0.1) is 11.6 Å². The van der Waals surface area contributed by atoms with E-state index in [0.29, 0.717) is 0 Å². The largest absolute Gasteiger partial charge is 0.296 e. The molecule has 3 rings (SSSR count). The predicted octanol–water partition coefficient (Wildman–Crippen LogP) is 4.36. The van der Waals surface area contributed by atoms with Crippen LogP contribution in [0.3, 0.4) is 0 Å². The number of ketones is 2. The van der Waals surface area contributed by atoms with Gasteiger partial charge in [0.15, 0.2) is 17.2 Å². The summed E-state index contributed by atoms with van der Waals surface area (Å²) in [5.41, 5.74) is -2.84. The van der Waals surface area contributed by atoms with Crippen molar-refractivity contribution in [2.45, 2.75) is 31.4 Å². The van der Waals surface area contributed by atoms with E-state index >= 15 is 4.39 Å². The molecule has 1 aliphatic rings. The highest BCUT2D eigenvalue weighted by Gasteiger charge is 2.46. The molecule has 0 saturated heterocycles. The van der Waals surface area contributed by atoms with Gasteiger partial charge >= 0.3 is 0 Å². The van der Waals surface area contributed by atoms with Crippen LogP contribution < -0.4 is 0 Å². The van der Waals surface area contributed by atoms with Crippen molar-refractivity contribution in [1.29, 1.82) is 0 Å². The lowest BCUT2D eigenvalue weighted by Crippen LogP contribution is -2.37. The number of nitrogens with zero attached hydrogens (tertiary/aromatic N) is 1. The van der Waals surface area contributed by atoms with Crippen molar-refractivity contribution in [2.75, 3.05) is 0 Å². The van der Waals surface area contributed by atoms with Crippen LogP contribution in [0.15, 0.2) is 30.5 Å². The summed E-state index contributed by atoms with van der Waals surface area (Å²) < 4.78 is 43.0. The Balaban J connectivity index is 1.85. The average Bonchev–Trinajstić information content (AvgIpc) is 2.57. The van der Waals surface area contributed by atoms with Gasteiger partial charge < -0.3 is 0 Å². The molecule has 1 atom stereocenters. The van der Waals surface area contributed by atoms with Crippen molar-refractivity contribution in [1.82, 2.24) is 4.98 Å². The SMILES string of the molecule is O=C1CC[C@@](F)(C(=O)CCc2c(F)cc(Cl)cc2F)c2cccnc21. The first kappa shape index (κ1) is 17.6. The van der Waals surface area contributed by atoms with Crippen LogP contribution >= 0.6 is 11.6 Å². The summed E-state index contributed by atoms with van der Waals surface area (Å²) in [4.78, 5) is 28.2. The molecule has 0 fully saturated rings. The van der Waals surface area contributed by atoms with E-state index in [1.165, 1.54) is 18.3 Å². The number of benzene rings is 1. The number of rotatable bonds is 4. The van der Waals surface area contributed by atoms with E-state index in [9.17, 15) is 18.4 Å². The monoisotopic (exact) mass is 367 g/mol. The lowest BCUT2D eigenvalue weighted by molar-refractivity contribution is -0.131. The standard InChI is InChI=1S/C18H13ClF3NO2/c19-10-8-13(20)11(14(21)9-10)3-4-16(25)18(22)6-5-15(24)17-12(18)2-1-7-23-17/h1-2,7-9H,3-6H2/t18-/m0/s1. The summed E-state index contributed by atoms with van der Waals surface area (Å²) in [7, 11) is 0. The highest BCUT2D eigenvalue weighted by atomic mass is 35.5. The molecule has 0 amide bonds. The molecule has 0 spiro atoms. The van der Waals surface area contributed by atoms with Crippen LogP contribution in [0.4, 0.5) is 13.2 Å². The van der Waals surface area contributed by atoms with Gasteiger partial charge in [-0.2, -0.15) is 0 Å². The molecule has 25 heavy (non-hydrogen) atoms. The Labute approximate surface area is 146 Å². The number of aromatic nitrogens is 1. The minimum absolute atomic E-state index is 0.0616. The molecule has 0 radical (unpaired) electrons. The van der Waals surface area contributed by atoms with Gasteiger partial charge in [-0.3, -0.25) is 14.6 Å². The quantitative estimate of drug-likeness (QED) is 0.806. The molecule has 0 bridgehead atoms. The van der Waals surface area contributed by atoms with Gasteiger partial charge in [0.25, 0.3) is 0 Å². The number of Topliss-reactive ketones (excluding diaryl/α,β-unsaturated/α-hetero) is 2. The molecular weight excluding hydrogens is 355 g/mol. The third kappa shape index (κ3) is 3.18. The minimum Gasteiger partial charge on any atom is -0.296 e. The summed E-state index contributed by atoms with van der Waals surface area (Å²) in [6.07, 6.45) is 0.202. The van der Waals surface area contributed by atoms with Crippen molar-refractivity contribution in [3.63, 3.8) is 0 Å². The van der Waals surface area contributed by atoms with Gasteiger partial charge in [-0.1, -0.05) is 17.7 Å². The fourth-order valence-corrected chi connectivity index (χ4v) is 3.21. The molecule has 0 N–H and O–H groups in total. The Kier molecular flexibility index (Phi) is 4.64. The fraction of sp³-hybridized carbons (Fsp3) is 0.278. The number of carbonyl (C=O) groups is 2. The summed E-state index contributed by atoms with van der Waals surface area (Å²) >= 11 is 5.55. The number of alkyl halides is 1. The summed E-state index contributed by atoms with van der Waals surface area (Å²) in [6.45, 7) is 0. The second-order valence-corrected chi connectivity index (χ2v) is 6.33. The molecule has 0 aliphatic heterocycles. The number of pyridine rings is 1. The van der Waals surface area contributed by atoms with E-state index in [1.807, 2.05) is 0 Å². The highest BCUT2D eigenvalue weighted by molar-refractivity contribution is 6.30. The van der Waals surface area contributed by atoms with Crippen molar-refractivity contribution in [3.8, 4) is 0 Å². The predicted molar refractivity (Wildman–Crippen MR) is 85.3 cm³/mol. The van der Waals surface area contributed by atoms with Gasteiger partial charge in [0.05, 0.1) is 0 Å². The molecule has 0 saturated carbocycles. The van der Waals surface area contributed by atoms with Crippen LogP contribution in [-0.4, -0.2) is 16.6 Å². The normalized spacial score (nSPS) is 19.6. The smallest absolute Gasteiger partial charge is 0.196 e. The lowest BCUT2D eigenvalue weighted by atomic mass is 9.78. The van der Waals surface area contributed by atoms with Crippen LogP contribution in [0.2, 0.25) is 5.02 Å². The number of halogens is 4. The maximum atomic E-state index is 15.3. The van der Waals surface area contributed by atoms with E-state index < -0.39 is 29.5 Å². The van der Waals surface area contributed by atoms with Crippen molar-refractivity contribution < 1.29 is 22.8 Å². The molecule has 130 valence electrons. The third-order valence-corrected chi connectivity index (χ3v) is 4.56. The van der Waals surface area contributed by atoms with Gasteiger partial charge in [0.2, 0.25) is 0 Å². The number of carbonyl (C=O) groups excluding carboxylic acids is 2. The maximum Gasteiger partial charge on any atom is 0.196 e. The average molecular weight is 368 g/mol. The fourth-order valence-electron chi connectivity index (χ4n) is 3.02.